The van der Waals surface area contributed by atoms with E-state index in [-0.39, 0.29) is 5.84 Å². The summed E-state index contributed by atoms with van der Waals surface area (Å²) in [5.74, 6) is 1.82. The van der Waals surface area contributed by atoms with Crippen LogP contribution in [0.15, 0.2) is 17.3 Å². The van der Waals surface area contributed by atoms with E-state index >= 15 is 0 Å². The zero-order valence-electron chi connectivity index (χ0n) is 11.4. The molecule has 3 N–H and O–H groups in total. The third-order valence-corrected chi connectivity index (χ3v) is 2.92. The van der Waals surface area contributed by atoms with Crippen molar-refractivity contribution in [1.82, 2.24) is 14.5 Å². The lowest BCUT2D eigenvalue weighted by Gasteiger charge is -2.05. The van der Waals surface area contributed by atoms with Crippen LogP contribution < -0.4 is 5.73 Å². The van der Waals surface area contributed by atoms with Crippen LogP contribution in [0.4, 0.5) is 0 Å². The van der Waals surface area contributed by atoms with Crippen molar-refractivity contribution in [3.63, 3.8) is 0 Å². The molecule has 0 aliphatic carbocycles. The molecule has 2 aromatic rings. The van der Waals surface area contributed by atoms with Gasteiger partial charge in [-0.1, -0.05) is 13.8 Å². The molecule has 0 unspecified atom stereocenters. The Morgan fingerprint density at radius 1 is 1.58 bits per heavy atom. The minimum absolute atomic E-state index is 0.239. The molecule has 2 rings (SSSR count). The molecule has 0 aliphatic rings. The van der Waals surface area contributed by atoms with Crippen LogP contribution in [0.2, 0.25) is 0 Å². The van der Waals surface area contributed by atoms with Crippen molar-refractivity contribution in [2.75, 3.05) is 0 Å². The SMILES string of the molecule is CC(C)Cc1nc2cnc(C(N)=NC=N)cc2n1C. The summed E-state index contributed by atoms with van der Waals surface area (Å²) in [5.41, 5.74) is 8.13. The predicted molar refractivity (Wildman–Crippen MR) is 76.6 cm³/mol. The fraction of sp³-hybridized carbons (Fsp3) is 0.385. The molecular weight excluding hydrogens is 240 g/mol. The molecule has 2 heterocycles. The largest absolute Gasteiger partial charge is 0.382 e. The van der Waals surface area contributed by atoms with Crippen molar-refractivity contribution in [2.24, 2.45) is 23.7 Å². The van der Waals surface area contributed by atoms with E-state index in [9.17, 15) is 0 Å². The molecule has 0 radical (unpaired) electrons. The quantitative estimate of drug-likeness (QED) is 0.642. The number of hydrogen-bond acceptors (Lipinski definition) is 3. The summed E-state index contributed by atoms with van der Waals surface area (Å²) in [7, 11) is 1.99. The Balaban J connectivity index is 2.51. The Bertz CT molecular complexity index is 638. The predicted octanol–water partition coefficient (Wildman–Crippen LogP) is 1.48. The highest BCUT2D eigenvalue weighted by Crippen LogP contribution is 2.17. The Labute approximate surface area is 111 Å². The summed E-state index contributed by atoms with van der Waals surface area (Å²) in [6.45, 7) is 4.33. The van der Waals surface area contributed by atoms with Crippen LogP contribution in [-0.4, -0.2) is 26.7 Å². The van der Waals surface area contributed by atoms with Gasteiger partial charge in [-0.15, -0.1) is 0 Å². The van der Waals surface area contributed by atoms with E-state index in [1.165, 1.54) is 0 Å². The van der Waals surface area contributed by atoms with Crippen LogP contribution >= 0.6 is 0 Å². The molecule has 0 atom stereocenters. The summed E-state index contributed by atoms with van der Waals surface area (Å²) in [4.78, 5) is 12.5. The average Bonchev–Trinajstić information content (AvgIpc) is 2.65. The number of nitrogens with one attached hydrogen (secondary N) is 1. The first-order valence-electron chi connectivity index (χ1n) is 6.17. The zero-order chi connectivity index (χ0) is 14.0. The summed E-state index contributed by atoms with van der Waals surface area (Å²) in [6, 6.07) is 1.86. The lowest BCUT2D eigenvalue weighted by atomic mass is 10.1. The molecule has 6 nitrogen and oxygen atoms in total. The second-order valence-electron chi connectivity index (χ2n) is 4.89. The first-order valence-corrected chi connectivity index (χ1v) is 6.17. The summed E-state index contributed by atoms with van der Waals surface area (Å²) in [5, 5.41) is 6.93. The number of rotatable bonds is 4. The van der Waals surface area contributed by atoms with Gasteiger partial charge in [-0.3, -0.25) is 10.4 Å². The number of aromatic nitrogens is 3. The van der Waals surface area contributed by atoms with Crippen molar-refractivity contribution < 1.29 is 0 Å². The van der Waals surface area contributed by atoms with E-state index in [4.69, 9.17) is 11.1 Å². The Morgan fingerprint density at radius 2 is 2.32 bits per heavy atom. The second kappa shape index (κ2) is 5.17. The van der Waals surface area contributed by atoms with Gasteiger partial charge in [-0.25, -0.2) is 9.98 Å². The maximum atomic E-state index is 6.93. The van der Waals surface area contributed by atoms with Gasteiger partial charge in [0.15, 0.2) is 5.84 Å². The van der Waals surface area contributed by atoms with Crippen LogP contribution in [-0.2, 0) is 13.5 Å². The lowest BCUT2D eigenvalue weighted by molar-refractivity contribution is 0.606. The van der Waals surface area contributed by atoms with E-state index in [1.807, 2.05) is 13.1 Å². The number of nitrogens with two attached hydrogens (primary N) is 1. The number of hydrogen-bond donors (Lipinski definition) is 2. The first-order chi connectivity index (χ1) is 9.02. The molecule has 0 saturated heterocycles. The van der Waals surface area contributed by atoms with Gasteiger partial charge < -0.3 is 10.3 Å². The van der Waals surface area contributed by atoms with Gasteiger partial charge in [-0.05, 0) is 12.0 Å². The second-order valence-corrected chi connectivity index (χ2v) is 4.89. The van der Waals surface area contributed by atoms with Crippen molar-refractivity contribution >= 4 is 23.2 Å². The monoisotopic (exact) mass is 258 g/mol. The minimum Gasteiger partial charge on any atom is -0.382 e. The van der Waals surface area contributed by atoms with Crippen molar-refractivity contribution in [1.29, 1.82) is 5.41 Å². The van der Waals surface area contributed by atoms with Crippen LogP contribution in [0.1, 0.15) is 25.4 Å². The Hall–Kier alpha value is -2.24. The molecule has 0 aliphatic heterocycles. The van der Waals surface area contributed by atoms with Gasteiger partial charge in [0.25, 0.3) is 0 Å². The number of nitrogens with zero attached hydrogens (tertiary/aromatic N) is 4. The van der Waals surface area contributed by atoms with Crippen LogP contribution in [0, 0.1) is 11.3 Å². The van der Waals surface area contributed by atoms with E-state index in [0.717, 1.165) is 29.6 Å². The van der Waals surface area contributed by atoms with Gasteiger partial charge in [0.05, 0.1) is 11.7 Å². The van der Waals surface area contributed by atoms with Crippen molar-refractivity contribution in [2.45, 2.75) is 20.3 Å². The Morgan fingerprint density at radius 3 is 2.95 bits per heavy atom. The van der Waals surface area contributed by atoms with Gasteiger partial charge >= 0.3 is 0 Å². The van der Waals surface area contributed by atoms with Gasteiger partial charge in [0.1, 0.15) is 23.4 Å². The molecule has 6 heteroatoms. The molecule has 0 bridgehead atoms. The van der Waals surface area contributed by atoms with Crippen molar-refractivity contribution in [3.8, 4) is 0 Å². The lowest BCUT2D eigenvalue weighted by Crippen LogP contribution is -2.15. The van der Waals surface area contributed by atoms with E-state index in [0.29, 0.717) is 11.6 Å². The fourth-order valence-corrected chi connectivity index (χ4v) is 1.97. The van der Waals surface area contributed by atoms with E-state index in [2.05, 4.69) is 33.4 Å². The van der Waals surface area contributed by atoms with Crippen LogP contribution in [0.5, 0.6) is 0 Å². The number of aliphatic imine (C=N–C) groups is 1. The molecule has 19 heavy (non-hydrogen) atoms. The minimum atomic E-state index is 0.239. The maximum Gasteiger partial charge on any atom is 0.151 e. The number of aryl methyl sites for hydroxylation is 1. The number of imidazole rings is 1. The smallest absolute Gasteiger partial charge is 0.151 e. The topological polar surface area (TPSA) is 92.9 Å². The average molecular weight is 258 g/mol. The van der Waals surface area contributed by atoms with E-state index in [1.54, 1.807) is 6.20 Å². The molecule has 0 saturated carbocycles. The standard InChI is InChI=1S/C13H18N6/c1-8(2)4-12-18-10-6-16-9(13(15)17-7-14)5-11(10)19(12)3/h5-8H,4H2,1-3H3,(H3,14,15,17). The number of pyridine rings is 1. The van der Waals surface area contributed by atoms with Crippen molar-refractivity contribution in [3.05, 3.63) is 23.8 Å². The molecule has 0 aromatic carbocycles. The highest BCUT2D eigenvalue weighted by atomic mass is 15.1. The highest BCUT2D eigenvalue weighted by Gasteiger charge is 2.11. The molecule has 2 aromatic heterocycles. The third-order valence-electron chi connectivity index (χ3n) is 2.92. The molecule has 0 spiro atoms. The van der Waals surface area contributed by atoms with Gasteiger partial charge in [0.2, 0.25) is 0 Å². The molecule has 0 fully saturated rings. The summed E-state index contributed by atoms with van der Waals surface area (Å²) < 4.78 is 2.05. The number of amidine groups is 1. The number of fused-ring (bicyclic) bond motifs is 1. The Kier molecular flexibility index (Phi) is 3.59. The zero-order valence-corrected chi connectivity index (χ0v) is 11.4. The van der Waals surface area contributed by atoms with Gasteiger partial charge in [-0.2, -0.15) is 0 Å². The molecule has 100 valence electrons. The summed E-state index contributed by atoms with van der Waals surface area (Å²) in [6.07, 6.45) is 3.53. The van der Waals surface area contributed by atoms with Crippen LogP contribution in [0.25, 0.3) is 11.0 Å². The third kappa shape index (κ3) is 2.62. The first kappa shape index (κ1) is 13.2. The maximum absolute atomic E-state index is 6.93. The van der Waals surface area contributed by atoms with E-state index < -0.39 is 0 Å². The normalized spacial score (nSPS) is 12.3. The highest BCUT2D eigenvalue weighted by molar-refractivity contribution is 6.01. The van der Waals surface area contributed by atoms with Crippen LogP contribution in [0.3, 0.4) is 0 Å². The fourth-order valence-electron chi connectivity index (χ4n) is 1.97. The molecular formula is C13H18N6. The summed E-state index contributed by atoms with van der Waals surface area (Å²) >= 11 is 0. The molecule has 0 amide bonds. The van der Waals surface area contributed by atoms with Gasteiger partial charge in [0, 0.05) is 13.5 Å².